The van der Waals surface area contributed by atoms with E-state index in [0.29, 0.717) is 0 Å². The van der Waals surface area contributed by atoms with Crippen molar-refractivity contribution >= 4 is 0 Å². The Hall–Kier alpha value is -1.06. The van der Waals surface area contributed by atoms with Gasteiger partial charge in [0.15, 0.2) is 0 Å². The number of rotatable bonds is 5. The molecule has 0 aliphatic carbocycles. The van der Waals surface area contributed by atoms with E-state index in [1.54, 1.807) is 7.11 Å². The Morgan fingerprint density at radius 2 is 1.88 bits per heavy atom. The first-order valence-electron chi connectivity index (χ1n) is 5.58. The molecule has 0 amide bonds. The molecule has 0 aliphatic rings. The molecule has 0 saturated carbocycles. The van der Waals surface area contributed by atoms with Crippen LogP contribution < -0.4 is 10.5 Å². The number of nitrogens with two attached hydrogens (primary N) is 1. The summed E-state index contributed by atoms with van der Waals surface area (Å²) in [6, 6.07) is 6.51. The van der Waals surface area contributed by atoms with Crippen molar-refractivity contribution in [3.8, 4) is 5.75 Å². The van der Waals surface area contributed by atoms with Gasteiger partial charge < -0.3 is 15.4 Å². The van der Waals surface area contributed by atoms with Crippen molar-refractivity contribution in [3.05, 3.63) is 29.3 Å². The molecular weight excluding hydrogens is 200 g/mol. The van der Waals surface area contributed by atoms with Crippen molar-refractivity contribution in [1.82, 2.24) is 4.90 Å². The normalized spacial score (nSPS) is 12.9. The lowest BCUT2D eigenvalue weighted by molar-refractivity contribution is 0.394. The molecule has 1 aromatic carbocycles. The van der Waals surface area contributed by atoms with Crippen molar-refractivity contribution in [2.45, 2.75) is 25.9 Å². The molecule has 0 heterocycles. The van der Waals surface area contributed by atoms with Gasteiger partial charge in [0, 0.05) is 12.6 Å². The molecule has 1 aromatic rings. The summed E-state index contributed by atoms with van der Waals surface area (Å²) >= 11 is 0. The van der Waals surface area contributed by atoms with Gasteiger partial charge >= 0.3 is 0 Å². The lowest BCUT2D eigenvalue weighted by Gasteiger charge is -2.14. The zero-order valence-electron chi connectivity index (χ0n) is 10.7. The minimum Gasteiger partial charge on any atom is -0.497 e. The van der Waals surface area contributed by atoms with Crippen LogP contribution in [-0.4, -0.2) is 32.1 Å². The largest absolute Gasteiger partial charge is 0.497 e. The second-order valence-electron chi connectivity index (χ2n) is 4.61. The first kappa shape index (κ1) is 13.0. The first-order valence-corrected chi connectivity index (χ1v) is 5.58. The SMILES string of the molecule is COc1cc(CC(C)N)cc(CN(C)C)c1. The molecule has 0 spiro atoms. The molecule has 0 bridgehead atoms. The van der Waals surface area contributed by atoms with E-state index in [4.69, 9.17) is 10.5 Å². The summed E-state index contributed by atoms with van der Waals surface area (Å²) in [6.07, 6.45) is 0.887. The Morgan fingerprint density at radius 1 is 1.25 bits per heavy atom. The van der Waals surface area contributed by atoms with Crippen LogP contribution in [0.25, 0.3) is 0 Å². The fourth-order valence-corrected chi connectivity index (χ4v) is 1.79. The average molecular weight is 222 g/mol. The monoisotopic (exact) mass is 222 g/mol. The molecule has 0 fully saturated rings. The number of nitrogens with zero attached hydrogens (tertiary/aromatic N) is 1. The van der Waals surface area contributed by atoms with Crippen molar-refractivity contribution < 1.29 is 4.74 Å². The Morgan fingerprint density at radius 3 is 2.38 bits per heavy atom. The predicted molar refractivity (Wildman–Crippen MR) is 67.7 cm³/mol. The minimum atomic E-state index is 0.180. The van der Waals surface area contributed by atoms with E-state index in [2.05, 4.69) is 37.2 Å². The highest BCUT2D eigenvalue weighted by Crippen LogP contribution is 2.18. The van der Waals surface area contributed by atoms with Gasteiger partial charge in [-0.15, -0.1) is 0 Å². The maximum Gasteiger partial charge on any atom is 0.119 e. The quantitative estimate of drug-likeness (QED) is 0.823. The topological polar surface area (TPSA) is 38.5 Å². The van der Waals surface area contributed by atoms with Gasteiger partial charge in [0.05, 0.1) is 7.11 Å². The highest BCUT2D eigenvalue weighted by Gasteiger charge is 2.04. The molecule has 1 unspecified atom stereocenters. The Labute approximate surface area is 98.2 Å². The Kier molecular flexibility index (Phi) is 4.77. The molecular formula is C13H22N2O. The van der Waals surface area contributed by atoms with Gasteiger partial charge in [-0.3, -0.25) is 0 Å². The second-order valence-corrected chi connectivity index (χ2v) is 4.61. The molecule has 2 N–H and O–H groups in total. The van der Waals surface area contributed by atoms with Crippen LogP contribution in [0.4, 0.5) is 0 Å². The zero-order chi connectivity index (χ0) is 12.1. The van der Waals surface area contributed by atoms with E-state index >= 15 is 0 Å². The van der Waals surface area contributed by atoms with Gasteiger partial charge in [0.1, 0.15) is 5.75 Å². The molecule has 3 nitrogen and oxygen atoms in total. The molecule has 0 saturated heterocycles. The third-order valence-electron chi connectivity index (χ3n) is 2.32. The van der Waals surface area contributed by atoms with Crippen LogP contribution in [0.5, 0.6) is 5.75 Å². The summed E-state index contributed by atoms with van der Waals surface area (Å²) in [4.78, 5) is 2.14. The lowest BCUT2D eigenvalue weighted by atomic mass is 10.0. The molecule has 16 heavy (non-hydrogen) atoms. The van der Waals surface area contributed by atoms with Crippen LogP contribution in [-0.2, 0) is 13.0 Å². The fraction of sp³-hybridized carbons (Fsp3) is 0.538. The predicted octanol–water partition coefficient (Wildman–Crippen LogP) is 1.65. The summed E-state index contributed by atoms with van der Waals surface area (Å²) < 4.78 is 5.30. The van der Waals surface area contributed by atoms with Gasteiger partial charge in [-0.2, -0.15) is 0 Å². The van der Waals surface area contributed by atoms with Gasteiger partial charge in [-0.1, -0.05) is 6.07 Å². The Balaban J connectivity index is 2.91. The zero-order valence-corrected chi connectivity index (χ0v) is 10.7. The highest BCUT2D eigenvalue weighted by atomic mass is 16.5. The third kappa shape index (κ3) is 4.21. The van der Waals surface area contributed by atoms with Crippen molar-refractivity contribution in [3.63, 3.8) is 0 Å². The van der Waals surface area contributed by atoms with Crippen LogP contribution in [0, 0.1) is 0 Å². The Bertz CT molecular complexity index is 306. The maximum atomic E-state index is 5.82. The van der Waals surface area contributed by atoms with E-state index in [1.165, 1.54) is 11.1 Å². The number of hydrogen-bond donors (Lipinski definition) is 1. The number of methoxy groups -OCH3 is 1. The first-order chi connectivity index (χ1) is 7.51. The number of benzene rings is 1. The van der Waals surface area contributed by atoms with Crippen molar-refractivity contribution in [2.24, 2.45) is 5.73 Å². The highest BCUT2D eigenvalue weighted by molar-refractivity contribution is 5.35. The van der Waals surface area contributed by atoms with Crippen LogP contribution in [0.3, 0.4) is 0 Å². The molecule has 0 radical (unpaired) electrons. The van der Waals surface area contributed by atoms with Crippen molar-refractivity contribution in [1.29, 1.82) is 0 Å². The van der Waals surface area contributed by atoms with Gasteiger partial charge in [-0.25, -0.2) is 0 Å². The molecule has 0 aliphatic heterocycles. The smallest absolute Gasteiger partial charge is 0.119 e. The van der Waals surface area contributed by atoms with E-state index in [0.717, 1.165) is 18.7 Å². The summed E-state index contributed by atoms with van der Waals surface area (Å²) in [7, 11) is 5.82. The number of hydrogen-bond acceptors (Lipinski definition) is 3. The van der Waals surface area contributed by atoms with Crippen LogP contribution in [0.1, 0.15) is 18.1 Å². The summed E-state index contributed by atoms with van der Waals surface area (Å²) in [6.45, 7) is 2.94. The van der Waals surface area contributed by atoms with E-state index in [1.807, 2.05) is 6.92 Å². The average Bonchev–Trinajstić information content (AvgIpc) is 2.14. The molecule has 90 valence electrons. The molecule has 1 atom stereocenters. The molecule has 3 heteroatoms. The van der Waals surface area contributed by atoms with Gasteiger partial charge in [0.25, 0.3) is 0 Å². The summed E-state index contributed by atoms with van der Waals surface area (Å²) in [5.74, 6) is 0.912. The molecule has 0 aromatic heterocycles. The van der Waals surface area contributed by atoms with Crippen LogP contribution in [0.2, 0.25) is 0 Å². The van der Waals surface area contributed by atoms with Crippen LogP contribution in [0.15, 0.2) is 18.2 Å². The number of ether oxygens (including phenoxy) is 1. The fourth-order valence-electron chi connectivity index (χ4n) is 1.79. The summed E-state index contributed by atoms with van der Waals surface area (Å²) in [5, 5.41) is 0. The van der Waals surface area contributed by atoms with E-state index in [-0.39, 0.29) is 6.04 Å². The van der Waals surface area contributed by atoms with E-state index in [9.17, 15) is 0 Å². The van der Waals surface area contributed by atoms with E-state index < -0.39 is 0 Å². The minimum absolute atomic E-state index is 0.180. The van der Waals surface area contributed by atoms with Gasteiger partial charge in [0.2, 0.25) is 0 Å². The third-order valence-corrected chi connectivity index (χ3v) is 2.32. The lowest BCUT2D eigenvalue weighted by Crippen LogP contribution is -2.18. The maximum absolute atomic E-state index is 5.82. The second kappa shape index (κ2) is 5.87. The van der Waals surface area contributed by atoms with Gasteiger partial charge in [-0.05, 0) is 50.7 Å². The summed E-state index contributed by atoms with van der Waals surface area (Å²) in [5.41, 5.74) is 8.32. The molecule has 1 rings (SSSR count). The standard InChI is InChI=1S/C13H22N2O/c1-10(14)5-11-6-12(9-15(2)3)8-13(7-11)16-4/h6-8,10H,5,9,14H2,1-4H3. The van der Waals surface area contributed by atoms with Crippen LogP contribution >= 0.6 is 0 Å². The van der Waals surface area contributed by atoms with Crippen molar-refractivity contribution in [2.75, 3.05) is 21.2 Å².